The van der Waals surface area contributed by atoms with Gasteiger partial charge in [-0.1, -0.05) is 31.4 Å². The molecule has 194 valence electrons. The summed E-state index contributed by atoms with van der Waals surface area (Å²) in [6.07, 6.45) is 11.8. The molecule has 4 aliphatic rings. The number of likely N-dealkylation sites (tertiary alicyclic amines) is 1. The Morgan fingerprint density at radius 3 is 2.66 bits per heavy atom. The van der Waals surface area contributed by atoms with Gasteiger partial charge in [-0.25, -0.2) is 0 Å². The van der Waals surface area contributed by atoms with Crippen LogP contribution >= 0.6 is 11.8 Å². The third-order valence-corrected chi connectivity index (χ3v) is 10.4. The van der Waals surface area contributed by atoms with Gasteiger partial charge in [0.25, 0.3) is 0 Å². The van der Waals surface area contributed by atoms with E-state index in [4.69, 9.17) is 4.74 Å². The molecular formula is C27H40N2O5S. The van der Waals surface area contributed by atoms with Gasteiger partial charge < -0.3 is 19.6 Å². The molecule has 2 amide bonds. The lowest BCUT2D eigenvalue weighted by molar-refractivity contribution is -0.154. The molecule has 0 radical (unpaired) electrons. The molecule has 8 heteroatoms. The maximum Gasteiger partial charge on any atom is 0.310 e. The first-order valence-corrected chi connectivity index (χ1v) is 14.1. The summed E-state index contributed by atoms with van der Waals surface area (Å²) in [4.78, 5) is 45.0. The molecule has 6 atom stereocenters. The summed E-state index contributed by atoms with van der Waals surface area (Å²) in [5.41, 5.74) is 0. The van der Waals surface area contributed by atoms with Gasteiger partial charge in [0.05, 0.1) is 35.8 Å². The van der Waals surface area contributed by atoms with Crippen LogP contribution in [0.25, 0.3) is 0 Å². The van der Waals surface area contributed by atoms with Gasteiger partial charge in [0.15, 0.2) is 0 Å². The maximum atomic E-state index is 14.3. The number of unbranched alkanes of at least 4 members (excludes halogenated alkanes) is 1. The lowest BCUT2D eigenvalue weighted by Crippen LogP contribution is -2.58. The van der Waals surface area contributed by atoms with Crippen LogP contribution in [0, 0.1) is 11.8 Å². The molecule has 35 heavy (non-hydrogen) atoms. The van der Waals surface area contributed by atoms with Crippen molar-refractivity contribution in [2.24, 2.45) is 11.8 Å². The van der Waals surface area contributed by atoms with Gasteiger partial charge in [-0.2, -0.15) is 0 Å². The van der Waals surface area contributed by atoms with Gasteiger partial charge in [0, 0.05) is 17.8 Å². The second-order valence-corrected chi connectivity index (χ2v) is 12.1. The van der Waals surface area contributed by atoms with E-state index in [9.17, 15) is 19.5 Å². The van der Waals surface area contributed by atoms with Gasteiger partial charge in [0.1, 0.15) is 6.04 Å². The number of aliphatic hydroxyl groups is 1. The van der Waals surface area contributed by atoms with Crippen molar-refractivity contribution in [1.82, 2.24) is 9.80 Å². The van der Waals surface area contributed by atoms with Gasteiger partial charge in [-0.15, -0.1) is 24.9 Å². The van der Waals surface area contributed by atoms with Crippen LogP contribution in [0.2, 0.25) is 0 Å². The molecule has 1 aliphatic carbocycles. The summed E-state index contributed by atoms with van der Waals surface area (Å²) in [5, 5.41) is 10.0. The van der Waals surface area contributed by atoms with Crippen molar-refractivity contribution in [3.8, 4) is 0 Å². The molecule has 1 spiro atoms. The van der Waals surface area contributed by atoms with E-state index in [2.05, 4.69) is 13.2 Å². The zero-order valence-corrected chi connectivity index (χ0v) is 21.7. The van der Waals surface area contributed by atoms with Gasteiger partial charge in [0.2, 0.25) is 11.8 Å². The number of hydrogen-bond donors (Lipinski definition) is 1. The van der Waals surface area contributed by atoms with Gasteiger partial charge in [-0.3, -0.25) is 14.4 Å². The van der Waals surface area contributed by atoms with Crippen LogP contribution in [0.4, 0.5) is 0 Å². The molecule has 4 fully saturated rings. The van der Waals surface area contributed by atoms with Crippen molar-refractivity contribution in [2.45, 2.75) is 92.8 Å². The second kappa shape index (κ2) is 11.1. The number of fused-ring (bicyclic) bond motifs is 1. The van der Waals surface area contributed by atoms with E-state index >= 15 is 0 Å². The van der Waals surface area contributed by atoms with Crippen molar-refractivity contribution >= 4 is 29.5 Å². The fourth-order valence-corrected chi connectivity index (χ4v) is 8.99. The van der Waals surface area contributed by atoms with Crippen molar-refractivity contribution < 1.29 is 24.2 Å². The fraction of sp³-hybridized carbons (Fsp3) is 0.741. The molecule has 1 saturated carbocycles. The Morgan fingerprint density at radius 2 is 2.00 bits per heavy atom. The number of amides is 2. The van der Waals surface area contributed by atoms with E-state index in [1.165, 1.54) is 6.42 Å². The maximum absolute atomic E-state index is 14.3. The van der Waals surface area contributed by atoms with Gasteiger partial charge >= 0.3 is 5.97 Å². The fourth-order valence-electron chi connectivity index (χ4n) is 6.80. The van der Waals surface area contributed by atoms with Crippen LogP contribution in [0.5, 0.6) is 0 Å². The lowest BCUT2D eigenvalue weighted by atomic mass is 9.71. The Balaban J connectivity index is 1.65. The zero-order chi connectivity index (χ0) is 25.2. The summed E-state index contributed by atoms with van der Waals surface area (Å²) in [5.74, 6) is -1.70. The summed E-state index contributed by atoms with van der Waals surface area (Å²) in [7, 11) is 0. The van der Waals surface area contributed by atoms with Gasteiger partial charge in [-0.05, 0) is 45.4 Å². The van der Waals surface area contributed by atoms with E-state index < -0.39 is 28.7 Å². The van der Waals surface area contributed by atoms with Crippen LogP contribution in [0.1, 0.15) is 64.7 Å². The first-order chi connectivity index (χ1) is 16.9. The molecule has 7 nitrogen and oxygen atoms in total. The summed E-state index contributed by atoms with van der Waals surface area (Å²) in [6.45, 7) is 9.90. The zero-order valence-electron chi connectivity index (χ0n) is 20.9. The first-order valence-electron chi connectivity index (χ1n) is 13.2. The van der Waals surface area contributed by atoms with E-state index in [0.717, 1.165) is 44.9 Å². The molecular weight excluding hydrogens is 464 g/mol. The Hall–Kier alpha value is -1.80. The molecule has 2 bridgehead atoms. The monoisotopic (exact) mass is 504 g/mol. The van der Waals surface area contributed by atoms with Crippen LogP contribution in [0.15, 0.2) is 25.3 Å². The Kier molecular flexibility index (Phi) is 8.31. The van der Waals surface area contributed by atoms with E-state index in [-0.39, 0.29) is 35.7 Å². The molecule has 0 aromatic rings. The minimum Gasteiger partial charge on any atom is -0.465 e. The van der Waals surface area contributed by atoms with E-state index in [0.29, 0.717) is 19.6 Å². The molecule has 0 aromatic carbocycles. The number of aliphatic hydroxyl groups excluding tert-OH is 1. The SMILES string of the molecule is C=CCCCOC(=O)[C@@H]1[C@@H]2CCC3(S2)C(C(=O)N(CC=C)C2CCCCC2)N([C@H](C)CO)C(=O)[C@H]13. The predicted octanol–water partition coefficient (Wildman–Crippen LogP) is 3.32. The number of thioether (sulfide) groups is 1. The Bertz CT molecular complexity index is 843. The van der Waals surface area contributed by atoms with Crippen molar-refractivity contribution in [2.75, 3.05) is 19.8 Å². The third kappa shape index (κ3) is 4.57. The average Bonchev–Trinajstić information content (AvgIpc) is 3.52. The minimum absolute atomic E-state index is 0.0136. The topological polar surface area (TPSA) is 87.2 Å². The molecule has 2 unspecified atom stereocenters. The third-order valence-electron chi connectivity index (χ3n) is 8.40. The van der Waals surface area contributed by atoms with Crippen molar-refractivity contribution in [3.63, 3.8) is 0 Å². The number of carbonyl (C=O) groups excluding carboxylic acids is 3. The quantitative estimate of drug-likeness (QED) is 0.264. The number of allylic oxidation sites excluding steroid dienone is 1. The second-order valence-electron chi connectivity index (χ2n) is 10.5. The lowest BCUT2D eigenvalue weighted by Gasteiger charge is -2.42. The number of hydrogen-bond acceptors (Lipinski definition) is 6. The van der Waals surface area contributed by atoms with Crippen molar-refractivity contribution in [1.29, 1.82) is 0 Å². The summed E-state index contributed by atoms with van der Waals surface area (Å²) in [6, 6.07) is -1.05. The van der Waals surface area contributed by atoms with Crippen LogP contribution in [-0.4, -0.2) is 80.6 Å². The molecule has 4 rings (SSSR count). The highest BCUT2D eigenvalue weighted by atomic mass is 32.2. The van der Waals surface area contributed by atoms with E-state index in [1.807, 2.05) is 4.90 Å². The van der Waals surface area contributed by atoms with E-state index in [1.54, 1.807) is 35.7 Å². The first kappa shape index (κ1) is 26.3. The smallest absolute Gasteiger partial charge is 0.310 e. The minimum atomic E-state index is -0.683. The molecule has 3 saturated heterocycles. The highest BCUT2D eigenvalue weighted by molar-refractivity contribution is 8.02. The highest BCUT2D eigenvalue weighted by Crippen LogP contribution is 2.67. The standard InChI is InChI=1S/C27H40N2O5S/c1-4-6-10-16-34-26(33)21-20-13-14-27(35-20)22(21)24(31)29(18(3)17-30)23(27)25(32)28(15-5-2)19-11-8-7-9-12-19/h4-5,18-23,30H,1-2,6-17H2,3H3/t18-,20+,21-,22+,23?,27?/m1/s1. The number of rotatable bonds is 11. The van der Waals surface area contributed by atoms with Crippen LogP contribution in [-0.2, 0) is 19.1 Å². The average molecular weight is 505 g/mol. The molecule has 1 N–H and O–H groups in total. The van der Waals surface area contributed by atoms with Crippen LogP contribution in [0.3, 0.4) is 0 Å². The number of nitrogens with zero attached hydrogens (tertiary/aromatic N) is 2. The number of esters is 1. The predicted molar refractivity (Wildman–Crippen MR) is 137 cm³/mol. The highest BCUT2D eigenvalue weighted by Gasteiger charge is 2.74. The number of carbonyl (C=O) groups is 3. The normalized spacial score (nSPS) is 32.9. The summed E-state index contributed by atoms with van der Waals surface area (Å²) >= 11 is 1.65. The Labute approximate surface area is 213 Å². The summed E-state index contributed by atoms with van der Waals surface area (Å²) < 4.78 is 4.95. The van der Waals surface area contributed by atoms with Crippen molar-refractivity contribution in [3.05, 3.63) is 25.3 Å². The number of ether oxygens (including phenoxy) is 1. The largest absolute Gasteiger partial charge is 0.465 e. The molecule has 3 heterocycles. The molecule has 3 aliphatic heterocycles. The Morgan fingerprint density at radius 1 is 1.26 bits per heavy atom. The molecule has 0 aromatic heterocycles. The van der Waals surface area contributed by atoms with Crippen LogP contribution < -0.4 is 0 Å².